The van der Waals surface area contributed by atoms with Crippen LogP contribution in [0.25, 0.3) is 11.0 Å². The Morgan fingerprint density at radius 2 is 1.81 bits per heavy atom. The Morgan fingerprint density at radius 3 is 2.39 bits per heavy atom. The molecule has 1 aromatic carbocycles. The molecule has 2 aromatic rings. The number of carbonyl (C=O) groups is 1. The number of benzene rings is 1. The smallest absolute Gasteiger partial charge is 0.444 e. The lowest BCUT2D eigenvalue weighted by atomic mass is 9.96. The lowest BCUT2D eigenvalue weighted by Crippen LogP contribution is -2.41. The van der Waals surface area contributed by atoms with E-state index in [2.05, 4.69) is 4.18 Å². The fraction of sp³-hybridized carbons (Fsp3) is 0.474. The van der Waals surface area contributed by atoms with Gasteiger partial charge in [-0.25, -0.2) is 9.59 Å². The highest BCUT2D eigenvalue weighted by atomic mass is 32.2. The minimum atomic E-state index is -5.88. The number of rotatable bonds is 2. The van der Waals surface area contributed by atoms with Crippen LogP contribution in [0, 0.1) is 6.92 Å². The summed E-state index contributed by atoms with van der Waals surface area (Å²) in [6.45, 7) is 6.63. The number of ether oxygens (including phenoxy) is 1. The summed E-state index contributed by atoms with van der Waals surface area (Å²) in [6.07, 6.45) is -0.313. The van der Waals surface area contributed by atoms with E-state index in [1.807, 2.05) is 0 Å². The normalized spacial score (nSPS) is 15.0. The van der Waals surface area contributed by atoms with E-state index in [4.69, 9.17) is 9.15 Å². The predicted molar refractivity (Wildman–Crippen MR) is 103 cm³/mol. The lowest BCUT2D eigenvalue weighted by Gasteiger charge is -2.31. The Balaban J connectivity index is 2.01. The maximum atomic E-state index is 12.6. The predicted octanol–water partition coefficient (Wildman–Crippen LogP) is 3.62. The quantitative estimate of drug-likeness (QED) is 0.381. The molecule has 31 heavy (non-hydrogen) atoms. The highest BCUT2D eigenvalue weighted by Gasteiger charge is 2.48. The monoisotopic (exact) mass is 463 g/mol. The maximum Gasteiger partial charge on any atom is 0.534 e. The van der Waals surface area contributed by atoms with Crippen LogP contribution in [0.2, 0.25) is 0 Å². The minimum absolute atomic E-state index is 0.0533. The van der Waals surface area contributed by atoms with E-state index < -0.39 is 38.7 Å². The van der Waals surface area contributed by atoms with Crippen molar-refractivity contribution in [3.63, 3.8) is 0 Å². The number of hydrogen-bond donors (Lipinski definition) is 0. The van der Waals surface area contributed by atoms with Crippen molar-refractivity contribution in [3.05, 3.63) is 39.2 Å². The zero-order valence-corrected chi connectivity index (χ0v) is 17.9. The summed E-state index contributed by atoms with van der Waals surface area (Å²) in [7, 11) is -5.88. The van der Waals surface area contributed by atoms with Crippen molar-refractivity contribution < 1.29 is 39.7 Å². The molecule has 0 spiro atoms. The second kappa shape index (κ2) is 7.43. The molecule has 0 bridgehead atoms. The van der Waals surface area contributed by atoms with Gasteiger partial charge in [-0.05, 0) is 51.8 Å². The van der Waals surface area contributed by atoms with E-state index in [-0.39, 0.29) is 36.2 Å². The Hall–Kier alpha value is -2.76. The van der Waals surface area contributed by atoms with Gasteiger partial charge in [0.2, 0.25) is 0 Å². The van der Waals surface area contributed by atoms with E-state index >= 15 is 0 Å². The molecule has 1 aliphatic heterocycles. The van der Waals surface area contributed by atoms with Crippen LogP contribution in [0.5, 0.6) is 5.75 Å². The van der Waals surface area contributed by atoms with Crippen molar-refractivity contribution in [3.8, 4) is 5.75 Å². The summed E-state index contributed by atoms with van der Waals surface area (Å²) in [5, 5.41) is 0.424. The van der Waals surface area contributed by atoms with Crippen molar-refractivity contribution in [2.45, 2.75) is 51.8 Å². The summed E-state index contributed by atoms with van der Waals surface area (Å²) in [6, 6.07) is 2.40. The molecule has 1 amide bonds. The molecule has 8 nitrogen and oxygen atoms in total. The first-order valence-corrected chi connectivity index (χ1v) is 10.6. The van der Waals surface area contributed by atoms with Gasteiger partial charge in [0.15, 0.2) is 0 Å². The molecule has 0 saturated carbocycles. The second-order valence-corrected chi connectivity index (χ2v) is 9.58. The number of fused-ring (bicyclic) bond motifs is 3. The SMILES string of the molecule is Cc1c(OS(=O)(=O)C(F)(F)F)ccc2c3c(c(=O)oc12)CN(C(=O)OC(C)(C)C)CC3. The molecular formula is C19H20F3NO7S. The Bertz CT molecular complexity index is 1210. The van der Waals surface area contributed by atoms with Crippen LogP contribution < -0.4 is 9.81 Å². The number of carbonyl (C=O) groups excluding carboxylic acids is 1. The molecule has 0 atom stereocenters. The van der Waals surface area contributed by atoms with Crippen molar-refractivity contribution >= 4 is 27.2 Å². The van der Waals surface area contributed by atoms with Gasteiger partial charge in [0.25, 0.3) is 0 Å². The molecule has 0 saturated heterocycles. The molecule has 2 heterocycles. The molecule has 170 valence electrons. The van der Waals surface area contributed by atoms with E-state index in [9.17, 15) is 31.2 Å². The van der Waals surface area contributed by atoms with Crippen molar-refractivity contribution in [1.82, 2.24) is 4.90 Å². The Kier molecular flexibility index (Phi) is 5.49. The van der Waals surface area contributed by atoms with Crippen molar-refractivity contribution in [2.24, 2.45) is 0 Å². The van der Waals surface area contributed by atoms with Crippen molar-refractivity contribution in [2.75, 3.05) is 6.54 Å². The molecule has 12 heteroatoms. The molecule has 0 unspecified atom stereocenters. The zero-order valence-electron chi connectivity index (χ0n) is 17.1. The molecule has 0 N–H and O–H groups in total. The third-order valence-electron chi connectivity index (χ3n) is 4.60. The fourth-order valence-electron chi connectivity index (χ4n) is 3.18. The van der Waals surface area contributed by atoms with E-state index in [1.165, 1.54) is 17.9 Å². The van der Waals surface area contributed by atoms with Gasteiger partial charge in [-0.15, -0.1) is 0 Å². The molecule has 1 aromatic heterocycles. The highest BCUT2D eigenvalue weighted by molar-refractivity contribution is 7.88. The third-order valence-corrected chi connectivity index (χ3v) is 5.57. The van der Waals surface area contributed by atoms with Crippen LogP contribution in [-0.2, 0) is 27.8 Å². The topological polar surface area (TPSA) is 103 Å². The number of alkyl halides is 3. The van der Waals surface area contributed by atoms with Gasteiger partial charge in [-0.2, -0.15) is 21.6 Å². The first-order valence-electron chi connectivity index (χ1n) is 9.17. The standard InChI is InChI=1S/C19H20F3NO7S/c1-10-14(30-31(26,27)19(20,21)22)6-5-12-11-7-8-23(17(25)29-18(2,3)4)9-13(11)16(24)28-15(10)12/h5-6H,7-9H2,1-4H3. The number of halogens is 3. The van der Waals surface area contributed by atoms with Crippen LogP contribution in [0.4, 0.5) is 18.0 Å². The second-order valence-electron chi connectivity index (χ2n) is 8.05. The average molecular weight is 463 g/mol. The van der Waals surface area contributed by atoms with Gasteiger partial charge < -0.3 is 18.2 Å². The molecule has 0 fully saturated rings. The largest absolute Gasteiger partial charge is 0.534 e. The van der Waals surface area contributed by atoms with Gasteiger partial charge in [-0.1, -0.05) is 0 Å². The molecule has 1 aliphatic rings. The highest BCUT2D eigenvalue weighted by Crippen LogP contribution is 2.34. The zero-order chi connectivity index (χ0) is 23.4. The molecule has 3 rings (SSSR count). The summed E-state index contributed by atoms with van der Waals surface area (Å²) in [4.78, 5) is 26.2. The first-order chi connectivity index (χ1) is 14.1. The van der Waals surface area contributed by atoms with Gasteiger partial charge in [-0.3, -0.25) is 0 Å². The van der Waals surface area contributed by atoms with Gasteiger partial charge >= 0.3 is 27.3 Å². The Labute approximate surface area is 175 Å². The van der Waals surface area contributed by atoms with Gasteiger partial charge in [0.05, 0.1) is 12.1 Å². The molecule has 0 aliphatic carbocycles. The third kappa shape index (κ3) is 4.48. The maximum absolute atomic E-state index is 12.6. The van der Waals surface area contributed by atoms with E-state index in [0.29, 0.717) is 10.9 Å². The summed E-state index contributed by atoms with van der Waals surface area (Å²) < 4.78 is 75.3. The molecular weight excluding hydrogens is 443 g/mol. The average Bonchev–Trinajstić information content (AvgIpc) is 2.62. The summed E-state index contributed by atoms with van der Waals surface area (Å²) in [5.74, 6) is -0.598. The fourth-order valence-corrected chi connectivity index (χ4v) is 3.69. The summed E-state index contributed by atoms with van der Waals surface area (Å²) in [5.41, 5.74) is -6.45. The lowest BCUT2D eigenvalue weighted by molar-refractivity contribution is -0.0500. The molecule has 0 radical (unpaired) electrons. The van der Waals surface area contributed by atoms with E-state index in [0.717, 1.165) is 6.07 Å². The van der Waals surface area contributed by atoms with Crippen LogP contribution in [0.3, 0.4) is 0 Å². The number of hydrogen-bond acceptors (Lipinski definition) is 7. The van der Waals surface area contributed by atoms with Crippen LogP contribution >= 0.6 is 0 Å². The van der Waals surface area contributed by atoms with Crippen LogP contribution in [0.1, 0.15) is 37.5 Å². The van der Waals surface area contributed by atoms with Gasteiger partial charge in [0.1, 0.15) is 16.9 Å². The summed E-state index contributed by atoms with van der Waals surface area (Å²) >= 11 is 0. The Morgan fingerprint density at radius 1 is 1.16 bits per heavy atom. The van der Waals surface area contributed by atoms with Crippen LogP contribution in [-0.4, -0.2) is 37.1 Å². The van der Waals surface area contributed by atoms with E-state index in [1.54, 1.807) is 20.8 Å². The number of aryl methyl sites for hydroxylation is 1. The van der Waals surface area contributed by atoms with Gasteiger partial charge in [0, 0.05) is 17.5 Å². The number of amides is 1. The van der Waals surface area contributed by atoms with Crippen LogP contribution in [0.15, 0.2) is 21.3 Å². The minimum Gasteiger partial charge on any atom is -0.444 e. The number of nitrogens with zero attached hydrogens (tertiary/aromatic N) is 1. The first kappa shape index (κ1) is 22.9. The van der Waals surface area contributed by atoms with Crippen molar-refractivity contribution in [1.29, 1.82) is 0 Å².